The number of carbonyl (C=O) groups is 1. The van der Waals surface area contributed by atoms with Gasteiger partial charge in [-0.2, -0.15) is 0 Å². The molecule has 1 N–H and O–H groups in total. The van der Waals surface area contributed by atoms with Gasteiger partial charge in [0.1, 0.15) is 17.5 Å². The molecule has 6 nitrogen and oxygen atoms in total. The van der Waals surface area contributed by atoms with E-state index in [2.05, 4.69) is 9.97 Å². The molecule has 0 aliphatic heterocycles. The van der Waals surface area contributed by atoms with Crippen molar-refractivity contribution in [2.24, 2.45) is 0 Å². The standard InChI is InChI=1S/C10H10N2O4/c1-5-6(2)16-10-8(5)9(11-4-12-10)15-3-7(13)14/h4H,3H2,1-2H3,(H,13,14). The lowest BCUT2D eigenvalue weighted by molar-refractivity contribution is -0.139. The fourth-order valence-corrected chi connectivity index (χ4v) is 1.39. The molecule has 2 heterocycles. The molecule has 0 aliphatic rings. The van der Waals surface area contributed by atoms with Crippen molar-refractivity contribution in [2.75, 3.05) is 6.61 Å². The first-order chi connectivity index (χ1) is 7.59. The normalized spacial score (nSPS) is 10.6. The van der Waals surface area contributed by atoms with E-state index in [-0.39, 0.29) is 5.88 Å². The molecule has 0 unspecified atom stereocenters. The number of aryl methyl sites for hydroxylation is 2. The van der Waals surface area contributed by atoms with Gasteiger partial charge in [-0.3, -0.25) is 0 Å². The number of aliphatic carboxylic acids is 1. The van der Waals surface area contributed by atoms with E-state index in [9.17, 15) is 4.79 Å². The van der Waals surface area contributed by atoms with Crippen molar-refractivity contribution in [2.45, 2.75) is 13.8 Å². The van der Waals surface area contributed by atoms with Gasteiger partial charge in [0.2, 0.25) is 11.6 Å². The average molecular weight is 222 g/mol. The predicted molar refractivity (Wildman–Crippen MR) is 54.4 cm³/mol. The zero-order chi connectivity index (χ0) is 11.7. The molecule has 16 heavy (non-hydrogen) atoms. The van der Waals surface area contributed by atoms with Crippen molar-refractivity contribution in [1.82, 2.24) is 9.97 Å². The number of carboxylic acid groups (broad SMARTS) is 1. The van der Waals surface area contributed by atoms with Crippen molar-refractivity contribution >= 4 is 17.1 Å². The highest BCUT2D eigenvalue weighted by Gasteiger charge is 2.15. The topological polar surface area (TPSA) is 85.5 Å². The molecule has 0 radical (unpaired) electrons. The van der Waals surface area contributed by atoms with Crippen LogP contribution in [0.1, 0.15) is 11.3 Å². The number of furan rings is 1. The maximum Gasteiger partial charge on any atom is 0.341 e. The van der Waals surface area contributed by atoms with Crippen LogP contribution in [0.3, 0.4) is 0 Å². The van der Waals surface area contributed by atoms with Crippen LogP contribution in [0.15, 0.2) is 10.7 Å². The van der Waals surface area contributed by atoms with Crippen LogP contribution in [-0.4, -0.2) is 27.7 Å². The minimum absolute atomic E-state index is 0.238. The fourth-order valence-electron chi connectivity index (χ4n) is 1.39. The monoisotopic (exact) mass is 222 g/mol. The van der Waals surface area contributed by atoms with E-state index in [0.717, 1.165) is 11.3 Å². The van der Waals surface area contributed by atoms with Crippen LogP contribution in [0, 0.1) is 13.8 Å². The molecule has 2 aromatic heterocycles. The summed E-state index contributed by atoms with van der Waals surface area (Å²) in [5, 5.41) is 9.16. The summed E-state index contributed by atoms with van der Waals surface area (Å²) >= 11 is 0. The Morgan fingerprint density at radius 1 is 1.50 bits per heavy atom. The Bertz CT molecular complexity index is 547. The Hall–Kier alpha value is -2.11. The van der Waals surface area contributed by atoms with Gasteiger partial charge in [-0.1, -0.05) is 0 Å². The fraction of sp³-hybridized carbons (Fsp3) is 0.300. The number of carboxylic acids is 1. The maximum absolute atomic E-state index is 10.4. The number of nitrogens with zero attached hydrogens (tertiary/aromatic N) is 2. The molecule has 0 saturated heterocycles. The first-order valence-electron chi connectivity index (χ1n) is 4.65. The van der Waals surface area contributed by atoms with Gasteiger partial charge in [-0.15, -0.1) is 0 Å². The van der Waals surface area contributed by atoms with Crippen molar-refractivity contribution < 1.29 is 19.1 Å². The molecule has 84 valence electrons. The molecule has 0 spiro atoms. The SMILES string of the molecule is Cc1oc2ncnc(OCC(=O)O)c2c1C. The highest BCUT2D eigenvalue weighted by Crippen LogP contribution is 2.29. The Kier molecular flexibility index (Phi) is 2.47. The van der Waals surface area contributed by atoms with Crippen molar-refractivity contribution in [3.63, 3.8) is 0 Å². The summed E-state index contributed by atoms with van der Waals surface area (Å²) in [5.41, 5.74) is 1.27. The van der Waals surface area contributed by atoms with Crippen LogP contribution < -0.4 is 4.74 Å². The van der Waals surface area contributed by atoms with Crippen molar-refractivity contribution in [3.8, 4) is 5.88 Å². The zero-order valence-electron chi connectivity index (χ0n) is 8.85. The van der Waals surface area contributed by atoms with Gasteiger partial charge >= 0.3 is 5.97 Å². The minimum atomic E-state index is -1.05. The molecule has 0 saturated carbocycles. The van der Waals surface area contributed by atoms with Crippen LogP contribution >= 0.6 is 0 Å². The Morgan fingerprint density at radius 3 is 2.94 bits per heavy atom. The van der Waals surface area contributed by atoms with Gasteiger partial charge < -0.3 is 14.3 Å². The van der Waals surface area contributed by atoms with Gasteiger partial charge in [0.15, 0.2) is 6.61 Å². The van der Waals surface area contributed by atoms with E-state index in [1.807, 2.05) is 6.92 Å². The maximum atomic E-state index is 10.4. The van der Waals surface area contributed by atoms with E-state index in [0.29, 0.717) is 11.1 Å². The van der Waals surface area contributed by atoms with Crippen LogP contribution in [0.2, 0.25) is 0 Å². The molecule has 0 fully saturated rings. The van der Waals surface area contributed by atoms with E-state index < -0.39 is 12.6 Å². The van der Waals surface area contributed by atoms with E-state index in [1.54, 1.807) is 6.92 Å². The van der Waals surface area contributed by atoms with Gasteiger partial charge in [-0.25, -0.2) is 14.8 Å². The molecule has 0 aliphatic carbocycles. The lowest BCUT2D eigenvalue weighted by atomic mass is 10.2. The first kappa shape index (κ1) is 10.4. The molecule has 0 bridgehead atoms. The largest absolute Gasteiger partial charge is 0.479 e. The van der Waals surface area contributed by atoms with Gasteiger partial charge in [0, 0.05) is 5.56 Å². The molecule has 6 heteroatoms. The van der Waals surface area contributed by atoms with E-state index in [1.165, 1.54) is 6.33 Å². The third kappa shape index (κ3) is 1.69. The summed E-state index contributed by atoms with van der Waals surface area (Å²) in [6, 6.07) is 0. The van der Waals surface area contributed by atoms with E-state index in [4.69, 9.17) is 14.3 Å². The number of ether oxygens (including phenoxy) is 1. The van der Waals surface area contributed by atoms with Crippen molar-refractivity contribution in [1.29, 1.82) is 0 Å². The summed E-state index contributed by atoms with van der Waals surface area (Å²) in [6.07, 6.45) is 1.28. The molecule has 2 aromatic rings. The van der Waals surface area contributed by atoms with Crippen LogP contribution in [0.25, 0.3) is 11.1 Å². The zero-order valence-corrected chi connectivity index (χ0v) is 8.85. The molecule has 2 rings (SSSR count). The molecule has 0 atom stereocenters. The first-order valence-corrected chi connectivity index (χ1v) is 4.65. The smallest absolute Gasteiger partial charge is 0.341 e. The molecule has 0 amide bonds. The summed E-state index contributed by atoms with van der Waals surface area (Å²) in [6.45, 7) is 3.21. The second kappa shape index (κ2) is 3.80. The third-order valence-corrected chi connectivity index (χ3v) is 2.26. The number of hydrogen-bond acceptors (Lipinski definition) is 5. The average Bonchev–Trinajstić information content (AvgIpc) is 2.52. The number of rotatable bonds is 3. The number of hydrogen-bond donors (Lipinski definition) is 1. The third-order valence-electron chi connectivity index (χ3n) is 2.26. The summed E-state index contributed by atoms with van der Waals surface area (Å²) in [4.78, 5) is 18.2. The highest BCUT2D eigenvalue weighted by atomic mass is 16.5. The number of aromatic nitrogens is 2. The summed E-state index contributed by atoms with van der Waals surface area (Å²) in [5.74, 6) is -0.0953. The second-order valence-corrected chi connectivity index (χ2v) is 3.32. The molecular formula is C10H10N2O4. The summed E-state index contributed by atoms with van der Waals surface area (Å²) < 4.78 is 10.4. The highest BCUT2D eigenvalue weighted by molar-refractivity contribution is 5.84. The quantitative estimate of drug-likeness (QED) is 0.842. The minimum Gasteiger partial charge on any atom is -0.479 e. The Morgan fingerprint density at radius 2 is 2.25 bits per heavy atom. The van der Waals surface area contributed by atoms with Gasteiger partial charge in [0.25, 0.3) is 0 Å². The second-order valence-electron chi connectivity index (χ2n) is 3.32. The lowest BCUT2D eigenvalue weighted by Crippen LogP contribution is -2.10. The van der Waals surface area contributed by atoms with Crippen LogP contribution in [0.4, 0.5) is 0 Å². The summed E-state index contributed by atoms with van der Waals surface area (Å²) in [7, 11) is 0. The predicted octanol–water partition coefficient (Wildman–Crippen LogP) is 1.30. The number of fused-ring (bicyclic) bond motifs is 1. The van der Waals surface area contributed by atoms with E-state index >= 15 is 0 Å². The van der Waals surface area contributed by atoms with Crippen LogP contribution in [0.5, 0.6) is 5.88 Å². The lowest BCUT2D eigenvalue weighted by Gasteiger charge is -2.02. The van der Waals surface area contributed by atoms with Crippen molar-refractivity contribution in [3.05, 3.63) is 17.7 Å². The Labute approximate surface area is 90.9 Å². The van der Waals surface area contributed by atoms with Crippen LogP contribution in [-0.2, 0) is 4.79 Å². The molecular weight excluding hydrogens is 212 g/mol. The molecule has 0 aromatic carbocycles. The Balaban J connectivity index is 2.48. The van der Waals surface area contributed by atoms with Gasteiger partial charge in [0.05, 0.1) is 0 Å². The van der Waals surface area contributed by atoms with Gasteiger partial charge in [-0.05, 0) is 13.8 Å².